The molecule has 1 amide bonds. The molecule has 0 fully saturated rings. The molecule has 7 heteroatoms. The number of nitrogens with one attached hydrogen (secondary N) is 1. The normalized spacial score (nSPS) is 12.3. The van der Waals surface area contributed by atoms with E-state index in [0.29, 0.717) is 12.5 Å². The van der Waals surface area contributed by atoms with Gasteiger partial charge in [0.05, 0.1) is 6.04 Å². The third kappa shape index (κ3) is 22.8. The Morgan fingerprint density at radius 2 is 1.42 bits per heavy atom. The van der Waals surface area contributed by atoms with Crippen molar-refractivity contribution in [3.05, 3.63) is 24.3 Å². The summed E-state index contributed by atoms with van der Waals surface area (Å²) in [6, 6.07) is -0.493. The van der Waals surface area contributed by atoms with Gasteiger partial charge in [-0.1, -0.05) is 70.4 Å². The largest absolute Gasteiger partial charge is 0.478 e. The van der Waals surface area contributed by atoms with Gasteiger partial charge in [-0.3, -0.25) is 4.79 Å². The molecule has 0 aromatic heterocycles. The Labute approximate surface area is 199 Å². The summed E-state index contributed by atoms with van der Waals surface area (Å²) < 4.78 is 4.92. The molecule has 3 N–H and O–H groups in total. The van der Waals surface area contributed by atoms with Gasteiger partial charge in [0.15, 0.2) is 0 Å². The average molecular weight is 468 g/mol. The number of aliphatic hydroxyl groups is 1. The first-order valence-electron chi connectivity index (χ1n) is 12.6. The molecule has 1 unspecified atom stereocenters. The first kappa shape index (κ1) is 30.9. The van der Waals surface area contributed by atoms with Crippen LogP contribution in [0.15, 0.2) is 24.3 Å². The molecule has 0 aromatic rings. The van der Waals surface area contributed by atoms with E-state index < -0.39 is 18.0 Å². The number of aliphatic carboxylic acids is 1. The fraction of sp³-hybridized carbons (Fsp3) is 0.731. The molecule has 0 aliphatic heterocycles. The van der Waals surface area contributed by atoms with Crippen molar-refractivity contribution >= 4 is 17.8 Å². The highest BCUT2D eigenvalue weighted by atomic mass is 16.5. The van der Waals surface area contributed by atoms with Gasteiger partial charge in [0.25, 0.3) is 0 Å². The Morgan fingerprint density at radius 1 is 0.848 bits per heavy atom. The summed E-state index contributed by atoms with van der Waals surface area (Å²) in [5.41, 5.74) is 0. The van der Waals surface area contributed by atoms with Crippen LogP contribution >= 0.6 is 0 Å². The van der Waals surface area contributed by atoms with E-state index in [-0.39, 0.29) is 25.5 Å². The lowest BCUT2D eigenvalue weighted by atomic mass is 10.1. The fourth-order valence-electron chi connectivity index (χ4n) is 3.38. The minimum Gasteiger partial charge on any atom is -0.478 e. The second kappa shape index (κ2) is 23.0. The number of amides is 1. The number of esters is 1. The minimum atomic E-state index is -1.24. The first-order chi connectivity index (χ1) is 16.0. The fourth-order valence-corrected chi connectivity index (χ4v) is 3.38. The Balaban J connectivity index is 3.72. The van der Waals surface area contributed by atoms with Gasteiger partial charge in [0, 0.05) is 25.2 Å². The molecular weight excluding hydrogens is 422 g/mol. The maximum Gasteiger partial charge on any atom is 0.331 e. The maximum atomic E-state index is 12.1. The quantitative estimate of drug-likeness (QED) is 0.0886. The molecule has 0 radical (unpaired) electrons. The highest BCUT2D eigenvalue weighted by Crippen LogP contribution is 2.10. The van der Waals surface area contributed by atoms with Gasteiger partial charge < -0.3 is 20.3 Å². The predicted octanol–water partition coefficient (Wildman–Crippen LogP) is 5.08. The second-order valence-electron chi connectivity index (χ2n) is 8.41. The molecule has 0 aliphatic rings. The van der Waals surface area contributed by atoms with Crippen LogP contribution in [0.25, 0.3) is 0 Å². The van der Waals surface area contributed by atoms with E-state index in [2.05, 4.69) is 24.4 Å². The molecule has 0 heterocycles. The summed E-state index contributed by atoms with van der Waals surface area (Å²) in [5.74, 6) is -2.18. The van der Waals surface area contributed by atoms with Gasteiger partial charge in [-0.25, -0.2) is 9.59 Å². The van der Waals surface area contributed by atoms with E-state index in [1.54, 1.807) is 0 Å². The number of carboxylic acids is 1. The van der Waals surface area contributed by atoms with Crippen molar-refractivity contribution in [1.29, 1.82) is 0 Å². The van der Waals surface area contributed by atoms with E-state index in [1.807, 2.05) is 0 Å². The second-order valence-corrected chi connectivity index (χ2v) is 8.41. The highest BCUT2D eigenvalue weighted by molar-refractivity contribution is 5.90. The van der Waals surface area contributed by atoms with Gasteiger partial charge in [-0.2, -0.15) is 0 Å². The standard InChI is InChI=1S/C26H45NO6/c1-2-3-4-5-6-7-8-9-10-11-12-13-14-15-16-17-24(29)27-23(20-21-28)22-33-26(32)19-18-25(30)31/h9-10,18-19,23,28H,2-8,11-17,20-22H2,1H3,(H,27,29)(H,30,31)/b10-9-,19-18-. The Hall–Kier alpha value is -2.15. The van der Waals surface area contributed by atoms with Crippen LogP contribution in [0, 0.1) is 0 Å². The summed E-state index contributed by atoms with van der Waals surface area (Å²) in [4.78, 5) is 33.9. The van der Waals surface area contributed by atoms with E-state index >= 15 is 0 Å². The number of carbonyl (C=O) groups excluding carboxylic acids is 2. The molecule has 33 heavy (non-hydrogen) atoms. The molecule has 190 valence electrons. The summed E-state index contributed by atoms with van der Waals surface area (Å²) in [7, 11) is 0. The maximum absolute atomic E-state index is 12.1. The Kier molecular flexibility index (Phi) is 21.5. The smallest absolute Gasteiger partial charge is 0.331 e. The molecule has 0 aliphatic carbocycles. The van der Waals surface area contributed by atoms with Crippen LogP contribution in [0.4, 0.5) is 0 Å². The Morgan fingerprint density at radius 3 is 2.00 bits per heavy atom. The van der Waals surface area contributed by atoms with Crippen LogP contribution in [0.1, 0.15) is 103 Å². The van der Waals surface area contributed by atoms with Gasteiger partial charge in [-0.05, 0) is 38.5 Å². The van der Waals surface area contributed by atoms with Crippen LogP contribution in [0.3, 0.4) is 0 Å². The lowest BCUT2D eigenvalue weighted by molar-refractivity contribution is -0.140. The van der Waals surface area contributed by atoms with Crippen molar-refractivity contribution < 1.29 is 29.3 Å². The molecule has 7 nitrogen and oxygen atoms in total. The summed E-state index contributed by atoms with van der Waals surface area (Å²) in [6.45, 7) is 1.98. The van der Waals surface area contributed by atoms with Crippen molar-refractivity contribution in [3.63, 3.8) is 0 Å². The third-order valence-corrected chi connectivity index (χ3v) is 5.30. The lowest BCUT2D eigenvalue weighted by Gasteiger charge is -2.17. The highest BCUT2D eigenvalue weighted by Gasteiger charge is 2.13. The Bertz CT molecular complexity index is 573. The summed E-state index contributed by atoms with van der Waals surface area (Å²) in [5, 5.41) is 20.4. The molecule has 0 saturated carbocycles. The van der Waals surface area contributed by atoms with E-state index in [0.717, 1.165) is 38.2 Å². The summed E-state index contributed by atoms with van der Waals surface area (Å²) >= 11 is 0. The number of ether oxygens (including phenoxy) is 1. The number of carbonyl (C=O) groups is 3. The molecule has 0 aromatic carbocycles. The van der Waals surface area contributed by atoms with Crippen molar-refractivity contribution in [3.8, 4) is 0 Å². The minimum absolute atomic E-state index is 0.110. The number of carboxylic acid groups (broad SMARTS) is 1. The van der Waals surface area contributed by atoms with E-state index in [1.165, 1.54) is 51.4 Å². The van der Waals surface area contributed by atoms with Crippen LogP contribution < -0.4 is 5.32 Å². The SMILES string of the molecule is CCCCCCCC/C=C\CCCCCCCC(=O)NC(CCO)COC(=O)/C=C\C(=O)O. The van der Waals surface area contributed by atoms with Crippen molar-refractivity contribution in [2.75, 3.05) is 13.2 Å². The number of allylic oxidation sites excluding steroid dienone is 2. The monoisotopic (exact) mass is 467 g/mol. The lowest BCUT2D eigenvalue weighted by Crippen LogP contribution is -2.39. The van der Waals surface area contributed by atoms with Gasteiger partial charge in [0.1, 0.15) is 6.61 Å². The van der Waals surface area contributed by atoms with Crippen molar-refractivity contribution in [1.82, 2.24) is 5.32 Å². The zero-order valence-electron chi connectivity index (χ0n) is 20.4. The molecule has 0 rings (SSSR count). The molecule has 1 atom stereocenters. The number of hydrogen-bond acceptors (Lipinski definition) is 5. The van der Waals surface area contributed by atoms with E-state index in [4.69, 9.17) is 14.9 Å². The molecule has 0 bridgehead atoms. The van der Waals surface area contributed by atoms with Crippen molar-refractivity contribution in [2.24, 2.45) is 0 Å². The zero-order valence-corrected chi connectivity index (χ0v) is 20.4. The van der Waals surface area contributed by atoms with Crippen LogP contribution in [0.2, 0.25) is 0 Å². The van der Waals surface area contributed by atoms with Crippen LogP contribution in [0.5, 0.6) is 0 Å². The summed E-state index contributed by atoms with van der Waals surface area (Å²) in [6.07, 6.45) is 22.3. The molecular formula is C26H45NO6. The number of hydrogen-bond donors (Lipinski definition) is 3. The predicted molar refractivity (Wildman–Crippen MR) is 131 cm³/mol. The van der Waals surface area contributed by atoms with Gasteiger partial charge >= 0.3 is 11.9 Å². The number of rotatable bonds is 22. The van der Waals surface area contributed by atoms with Crippen LogP contribution in [-0.4, -0.2) is 47.3 Å². The van der Waals surface area contributed by atoms with Gasteiger partial charge in [0.2, 0.25) is 5.91 Å². The first-order valence-corrected chi connectivity index (χ1v) is 12.6. The number of unbranched alkanes of at least 4 members (excludes halogenated alkanes) is 11. The topological polar surface area (TPSA) is 113 Å². The number of aliphatic hydroxyl groups excluding tert-OH is 1. The molecule has 0 saturated heterocycles. The zero-order chi connectivity index (χ0) is 24.6. The average Bonchev–Trinajstić information content (AvgIpc) is 2.78. The van der Waals surface area contributed by atoms with Crippen LogP contribution in [-0.2, 0) is 19.1 Å². The molecule has 0 spiro atoms. The third-order valence-electron chi connectivity index (χ3n) is 5.30. The van der Waals surface area contributed by atoms with E-state index in [9.17, 15) is 14.4 Å². The van der Waals surface area contributed by atoms with Crippen molar-refractivity contribution in [2.45, 2.75) is 109 Å². The van der Waals surface area contributed by atoms with Gasteiger partial charge in [-0.15, -0.1) is 0 Å².